The number of carbonyl (C=O) groups excluding carboxylic acids is 2. The number of thiophene rings is 1. The van der Waals surface area contributed by atoms with Crippen LogP contribution in [0.15, 0.2) is 41.8 Å². The summed E-state index contributed by atoms with van der Waals surface area (Å²) in [7, 11) is 1.71. The van der Waals surface area contributed by atoms with Crippen LogP contribution in [0.3, 0.4) is 0 Å². The third kappa shape index (κ3) is 4.45. The van der Waals surface area contributed by atoms with E-state index in [0.717, 1.165) is 41.5 Å². The number of hydrogen-bond acceptors (Lipinski definition) is 5. The van der Waals surface area contributed by atoms with Crippen molar-refractivity contribution < 1.29 is 14.4 Å². The molecule has 1 unspecified atom stereocenters. The summed E-state index contributed by atoms with van der Waals surface area (Å²) in [5.74, 6) is 0.578. The van der Waals surface area contributed by atoms with E-state index in [1.807, 2.05) is 47.5 Å². The minimum Gasteiger partial charge on any atom is -0.409 e. The van der Waals surface area contributed by atoms with Crippen LogP contribution in [0.25, 0.3) is 10.2 Å². The number of nitrogens with zero attached hydrogens (tertiary/aromatic N) is 2. The van der Waals surface area contributed by atoms with Crippen LogP contribution in [-0.2, 0) is 17.9 Å². The van der Waals surface area contributed by atoms with Gasteiger partial charge in [0.05, 0.1) is 16.8 Å². The Hall–Kier alpha value is -2.84. The highest BCUT2D eigenvalue weighted by Crippen LogP contribution is 2.37. The molecule has 2 N–H and O–H groups in total. The van der Waals surface area contributed by atoms with Gasteiger partial charge in [-0.1, -0.05) is 44.7 Å². The van der Waals surface area contributed by atoms with Crippen molar-refractivity contribution in [2.45, 2.75) is 76.5 Å². The molecule has 0 saturated heterocycles. The van der Waals surface area contributed by atoms with Gasteiger partial charge >= 0.3 is 0 Å². The van der Waals surface area contributed by atoms with E-state index in [2.05, 4.69) is 21.4 Å². The molecule has 1 aliphatic carbocycles. The summed E-state index contributed by atoms with van der Waals surface area (Å²) in [4.78, 5) is 35.2. The van der Waals surface area contributed by atoms with Gasteiger partial charge in [-0.3, -0.25) is 9.59 Å². The minimum absolute atomic E-state index is 0.0295. The summed E-state index contributed by atoms with van der Waals surface area (Å²) in [5, 5.41) is 5.42. The Morgan fingerprint density at radius 1 is 1.14 bits per heavy atom. The Kier molecular flexibility index (Phi) is 6.84. The van der Waals surface area contributed by atoms with Crippen molar-refractivity contribution in [2.24, 2.45) is 0 Å². The van der Waals surface area contributed by atoms with Crippen molar-refractivity contribution in [3.05, 3.63) is 53.0 Å². The smallest absolute Gasteiger partial charge is 0.271 e. The largest absolute Gasteiger partial charge is 0.409 e. The predicted molar refractivity (Wildman–Crippen MR) is 138 cm³/mol. The van der Waals surface area contributed by atoms with Crippen molar-refractivity contribution in [3.8, 4) is 5.75 Å². The molecule has 1 fully saturated rings. The van der Waals surface area contributed by atoms with E-state index in [0.29, 0.717) is 31.0 Å². The van der Waals surface area contributed by atoms with Gasteiger partial charge in [-0.25, -0.2) is 0 Å². The van der Waals surface area contributed by atoms with Crippen LogP contribution in [0.1, 0.15) is 67.9 Å². The molecule has 8 heteroatoms. The van der Waals surface area contributed by atoms with Gasteiger partial charge in [0.15, 0.2) is 0 Å². The van der Waals surface area contributed by atoms with Crippen LogP contribution in [0.2, 0.25) is 0 Å². The highest BCUT2D eigenvalue weighted by atomic mass is 32.1. The Labute approximate surface area is 210 Å². The zero-order chi connectivity index (χ0) is 24.4. The maximum atomic E-state index is 14.1. The standard InChI is InChI=1S/C27H34N4O3S/c1-3-27(26(33)29-20-8-6-4-5-7-9-20)18-30-22-14-15-35-24(22)16-23(30)25(32)31(27)17-19-10-12-21(13-11-19)34-28-2/h10-16,20,28H,3-9,17-18H2,1-2H3,(H,29,33). The van der Waals surface area contributed by atoms with Crippen molar-refractivity contribution in [3.63, 3.8) is 0 Å². The lowest BCUT2D eigenvalue weighted by atomic mass is 9.88. The number of benzene rings is 1. The van der Waals surface area contributed by atoms with E-state index < -0.39 is 5.54 Å². The van der Waals surface area contributed by atoms with Gasteiger partial charge in [0.25, 0.3) is 5.91 Å². The summed E-state index contributed by atoms with van der Waals surface area (Å²) >= 11 is 1.63. The van der Waals surface area contributed by atoms with E-state index in [4.69, 9.17) is 4.84 Å². The van der Waals surface area contributed by atoms with Crippen molar-refractivity contribution in [1.82, 2.24) is 20.3 Å². The molecule has 0 radical (unpaired) electrons. The molecule has 7 nitrogen and oxygen atoms in total. The summed E-state index contributed by atoms with van der Waals surface area (Å²) in [6.45, 7) is 2.85. The van der Waals surface area contributed by atoms with Crippen molar-refractivity contribution >= 4 is 33.4 Å². The van der Waals surface area contributed by atoms with E-state index in [-0.39, 0.29) is 17.9 Å². The van der Waals surface area contributed by atoms with Crippen LogP contribution in [0.5, 0.6) is 5.75 Å². The number of fused-ring (bicyclic) bond motifs is 3. The molecule has 1 saturated carbocycles. The van der Waals surface area contributed by atoms with Crippen LogP contribution in [-0.4, -0.2) is 39.9 Å². The van der Waals surface area contributed by atoms with Gasteiger partial charge in [0.1, 0.15) is 17.0 Å². The third-order valence-electron chi connectivity index (χ3n) is 7.61. The summed E-state index contributed by atoms with van der Waals surface area (Å²) < 4.78 is 3.14. The molecule has 2 aliphatic rings. The Morgan fingerprint density at radius 2 is 1.89 bits per heavy atom. The maximum Gasteiger partial charge on any atom is 0.271 e. The first kappa shape index (κ1) is 23.9. The molecule has 2 amide bonds. The highest BCUT2D eigenvalue weighted by Gasteiger charge is 2.50. The number of hydrogen-bond donors (Lipinski definition) is 2. The molecule has 35 heavy (non-hydrogen) atoms. The van der Waals surface area contributed by atoms with Crippen molar-refractivity contribution in [2.75, 3.05) is 7.05 Å². The molecule has 2 aromatic heterocycles. The Balaban J connectivity index is 1.51. The summed E-state index contributed by atoms with van der Waals surface area (Å²) in [5.41, 5.74) is 4.38. The fourth-order valence-corrected chi connectivity index (χ4v) is 6.41. The normalized spacial score (nSPS) is 21.1. The minimum atomic E-state index is -0.954. The molecular formula is C27H34N4O3S. The average Bonchev–Trinajstić information content (AvgIpc) is 3.36. The first-order valence-corrected chi connectivity index (χ1v) is 13.6. The maximum absolute atomic E-state index is 14.1. The fourth-order valence-electron chi connectivity index (χ4n) is 5.59. The number of amides is 2. The van der Waals surface area contributed by atoms with Gasteiger partial charge in [-0.15, -0.1) is 11.3 Å². The molecule has 5 rings (SSSR count). The second-order valence-corrected chi connectivity index (χ2v) is 10.6. The number of hydroxylamine groups is 1. The monoisotopic (exact) mass is 494 g/mol. The number of nitrogens with one attached hydrogen (secondary N) is 2. The fraction of sp³-hybridized carbons (Fsp3) is 0.481. The molecule has 186 valence electrons. The van der Waals surface area contributed by atoms with Gasteiger partial charge in [0.2, 0.25) is 5.91 Å². The van der Waals surface area contributed by atoms with Gasteiger partial charge in [-0.05, 0) is 54.5 Å². The van der Waals surface area contributed by atoms with E-state index in [1.54, 1.807) is 18.4 Å². The zero-order valence-electron chi connectivity index (χ0n) is 20.5. The Bertz CT molecular complexity index is 1190. The molecule has 0 spiro atoms. The SMILES string of the molecule is CCC1(C(=O)NC2CCCCCC2)Cn2c(cc3sccc32)C(=O)N1Cc1ccc(ONC)cc1. The molecule has 0 bridgehead atoms. The number of rotatable bonds is 7. The second kappa shape index (κ2) is 10.0. The first-order valence-electron chi connectivity index (χ1n) is 12.7. The first-order chi connectivity index (χ1) is 17.1. The van der Waals surface area contributed by atoms with Crippen LogP contribution in [0, 0.1) is 0 Å². The molecule has 1 aromatic carbocycles. The quantitative estimate of drug-likeness (QED) is 0.363. The van der Waals surface area contributed by atoms with Crippen LogP contribution >= 0.6 is 11.3 Å². The zero-order valence-corrected chi connectivity index (χ0v) is 21.3. The van der Waals surface area contributed by atoms with Gasteiger partial charge in [-0.2, -0.15) is 5.48 Å². The second-order valence-electron chi connectivity index (χ2n) is 9.67. The molecule has 1 aliphatic heterocycles. The van der Waals surface area contributed by atoms with E-state index in [9.17, 15) is 9.59 Å². The number of carbonyl (C=O) groups is 2. The molecule has 3 aromatic rings. The van der Waals surface area contributed by atoms with Crippen molar-refractivity contribution in [1.29, 1.82) is 0 Å². The molecule has 1 atom stereocenters. The van der Waals surface area contributed by atoms with Crippen LogP contribution in [0.4, 0.5) is 0 Å². The number of aromatic nitrogens is 1. The molecule has 3 heterocycles. The Morgan fingerprint density at radius 3 is 2.57 bits per heavy atom. The third-order valence-corrected chi connectivity index (χ3v) is 8.46. The molecular weight excluding hydrogens is 460 g/mol. The predicted octanol–water partition coefficient (Wildman–Crippen LogP) is 4.86. The van der Waals surface area contributed by atoms with Crippen LogP contribution < -0.4 is 15.6 Å². The summed E-state index contributed by atoms with van der Waals surface area (Å²) in [6.07, 6.45) is 7.31. The lowest BCUT2D eigenvalue weighted by Gasteiger charge is -2.46. The van der Waals surface area contributed by atoms with E-state index in [1.165, 1.54) is 12.8 Å². The average molecular weight is 495 g/mol. The lowest BCUT2D eigenvalue weighted by Crippen LogP contribution is -2.65. The topological polar surface area (TPSA) is 75.6 Å². The summed E-state index contributed by atoms with van der Waals surface area (Å²) in [6, 6.07) is 11.9. The van der Waals surface area contributed by atoms with E-state index >= 15 is 0 Å². The van der Waals surface area contributed by atoms with Gasteiger partial charge in [0, 0.05) is 19.6 Å². The highest BCUT2D eigenvalue weighted by molar-refractivity contribution is 7.17. The lowest BCUT2D eigenvalue weighted by molar-refractivity contribution is -0.135. The van der Waals surface area contributed by atoms with Gasteiger partial charge < -0.3 is 19.6 Å².